The van der Waals surface area contributed by atoms with E-state index in [4.69, 9.17) is 10.2 Å². The zero-order chi connectivity index (χ0) is 15.4. The van der Waals surface area contributed by atoms with Gasteiger partial charge in [-0.15, -0.1) is 0 Å². The molecule has 1 aromatic carbocycles. The van der Waals surface area contributed by atoms with Gasteiger partial charge in [-0.1, -0.05) is 88.0 Å². The highest BCUT2D eigenvalue weighted by atomic mass is 79.9. The molecule has 0 aliphatic heterocycles. The van der Waals surface area contributed by atoms with E-state index in [0.717, 1.165) is 11.1 Å². The summed E-state index contributed by atoms with van der Waals surface area (Å²) in [5.74, 6) is -1.95. The molecule has 0 aliphatic carbocycles. The fourth-order valence-electron chi connectivity index (χ4n) is 1.49. The summed E-state index contributed by atoms with van der Waals surface area (Å²) in [6.07, 6.45) is 0. The molecule has 0 saturated carbocycles. The third-order valence-electron chi connectivity index (χ3n) is 2.53. The maximum atomic E-state index is 11.0. The Morgan fingerprint density at radius 1 is 0.850 bits per heavy atom. The van der Waals surface area contributed by atoms with Crippen molar-refractivity contribution in [2.45, 2.75) is 19.3 Å². The lowest BCUT2D eigenvalue weighted by atomic mass is 10.0. The fourth-order valence-corrected chi connectivity index (χ4v) is 3.12. The van der Waals surface area contributed by atoms with Crippen LogP contribution in [-0.4, -0.2) is 31.8 Å². The third kappa shape index (κ3) is 4.54. The van der Waals surface area contributed by atoms with Crippen LogP contribution in [0, 0.1) is 0 Å². The fraction of sp³-hybridized carbons (Fsp3) is 0.333. The van der Waals surface area contributed by atoms with Gasteiger partial charge in [0.15, 0.2) is 0 Å². The van der Waals surface area contributed by atoms with Crippen LogP contribution in [0.3, 0.4) is 0 Å². The molecule has 4 nitrogen and oxygen atoms in total. The number of benzene rings is 1. The molecule has 2 N–H and O–H groups in total. The van der Waals surface area contributed by atoms with Crippen LogP contribution in [0.2, 0.25) is 0 Å². The van der Waals surface area contributed by atoms with Crippen LogP contribution >= 0.6 is 63.7 Å². The van der Waals surface area contributed by atoms with Crippen LogP contribution < -0.4 is 0 Å². The monoisotopic (exact) mass is 534 g/mol. The van der Waals surface area contributed by atoms with E-state index in [1.54, 1.807) is 24.3 Å². The first kappa shape index (κ1) is 18.1. The summed E-state index contributed by atoms with van der Waals surface area (Å²) >= 11 is 12.9. The van der Waals surface area contributed by atoms with Crippen LogP contribution in [0.15, 0.2) is 24.3 Å². The number of carboxylic acids is 2. The highest BCUT2D eigenvalue weighted by molar-refractivity contribution is 9.12. The van der Waals surface area contributed by atoms with Crippen LogP contribution in [0.25, 0.3) is 0 Å². The summed E-state index contributed by atoms with van der Waals surface area (Å²) in [5.41, 5.74) is 1.50. The van der Waals surface area contributed by atoms with Crippen LogP contribution in [0.5, 0.6) is 0 Å². The Bertz CT molecular complexity index is 467. The minimum Gasteiger partial charge on any atom is -0.480 e. The lowest BCUT2D eigenvalue weighted by molar-refractivity contribution is -0.137. The van der Waals surface area contributed by atoms with Crippen LogP contribution in [0.4, 0.5) is 0 Å². The van der Waals surface area contributed by atoms with E-state index < -0.39 is 31.2 Å². The van der Waals surface area contributed by atoms with Crippen molar-refractivity contribution in [1.82, 2.24) is 0 Å². The lowest BCUT2D eigenvalue weighted by Gasteiger charge is -2.17. The molecular weight excluding hydrogens is 528 g/mol. The summed E-state index contributed by atoms with van der Waals surface area (Å²) in [6, 6.07) is 7.09. The van der Waals surface area contributed by atoms with Gasteiger partial charge in [0, 0.05) is 0 Å². The van der Waals surface area contributed by atoms with Gasteiger partial charge in [-0.05, 0) is 11.1 Å². The van der Waals surface area contributed by atoms with Crippen molar-refractivity contribution in [3.63, 3.8) is 0 Å². The molecule has 0 unspecified atom stereocenters. The van der Waals surface area contributed by atoms with Crippen molar-refractivity contribution >= 4 is 75.7 Å². The molecule has 0 aromatic heterocycles. The Hall–Kier alpha value is 0.0800. The first-order valence-corrected chi connectivity index (χ1v) is 9.03. The maximum Gasteiger partial charge on any atom is 0.318 e. The van der Waals surface area contributed by atoms with Crippen molar-refractivity contribution in [3.05, 3.63) is 35.4 Å². The van der Waals surface area contributed by atoms with Gasteiger partial charge in [-0.25, -0.2) is 0 Å². The molecular formula is C12H10Br4O4. The quantitative estimate of drug-likeness (QED) is 0.532. The SMILES string of the molecule is O=C(O)[C@@H](Br)[C@H](Br)c1cccc([C@H](Br)[C@H](Br)C(=O)O)c1. The second-order valence-electron chi connectivity index (χ2n) is 3.95. The van der Waals surface area contributed by atoms with E-state index in [9.17, 15) is 9.59 Å². The molecule has 110 valence electrons. The molecule has 0 aliphatic rings. The predicted molar refractivity (Wildman–Crippen MR) is 90.5 cm³/mol. The summed E-state index contributed by atoms with van der Waals surface area (Å²) in [7, 11) is 0. The number of hydrogen-bond acceptors (Lipinski definition) is 2. The standard InChI is InChI=1S/C12H10Br4O4/c13-7(9(15)11(17)18)5-2-1-3-6(4-5)8(14)10(16)12(19)20/h1-4,7-10H,(H,17,18)(H,19,20)/t7-,8+,9-,10-/m0/s1. The molecule has 0 fully saturated rings. The van der Waals surface area contributed by atoms with Gasteiger partial charge in [0.25, 0.3) is 0 Å². The molecule has 0 amide bonds. The van der Waals surface area contributed by atoms with E-state index in [1.165, 1.54) is 0 Å². The van der Waals surface area contributed by atoms with Crippen molar-refractivity contribution in [2.24, 2.45) is 0 Å². The molecule has 4 atom stereocenters. The first-order chi connectivity index (χ1) is 9.25. The summed E-state index contributed by atoms with van der Waals surface area (Å²) in [5, 5.41) is 18.0. The van der Waals surface area contributed by atoms with Gasteiger partial charge in [0.2, 0.25) is 0 Å². The molecule has 0 radical (unpaired) electrons. The number of hydrogen-bond donors (Lipinski definition) is 2. The molecule has 1 aromatic rings. The summed E-state index contributed by atoms with van der Waals surface area (Å²) in [4.78, 5) is 19.5. The Labute approximate surface area is 149 Å². The minimum absolute atomic E-state index is 0.418. The Morgan fingerprint density at radius 3 is 1.50 bits per heavy atom. The van der Waals surface area contributed by atoms with Crippen LogP contribution in [0.1, 0.15) is 20.8 Å². The summed E-state index contributed by atoms with van der Waals surface area (Å²) < 4.78 is 0. The second kappa shape index (κ2) is 7.91. The highest BCUT2D eigenvalue weighted by Crippen LogP contribution is 2.36. The van der Waals surface area contributed by atoms with E-state index in [1.807, 2.05) is 0 Å². The molecule has 0 saturated heterocycles. The van der Waals surface area contributed by atoms with Gasteiger partial charge < -0.3 is 10.2 Å². The predicted octanol–water partition coefficient (Wildman–Crippen LogP) is 4.25. The Morgan fingerprint density at radius 2 is 1.20 bits per heavy atom. The number of carboxylic acid groups (broad SMARTS) is 2. The number of aliphatic carboxylic acids is 2. The van der Waals surface area contributed by atoms with Gasteiger partial charge >= 0.3 is 11.9 Å². The molecule has 0 bridgehead atoms. The van der Waals surface area contributed by atoms with E-state index in [2.05, 4.69) is 63.7 Å². The highest BCUT2D eigenvalue weighted by Gasteiger charge is 2.27. The molecule has 0 spiro atoms. The smallest absolute Gasteiger partial charge is 0.318 e. The van der Waals surface area contributed by atoms with Crippen LogP contribution in [-0.2, 0) is 9.59 Å². The van der Waals surface area contributed by atoms with Gasteiger partial charge in [-0.2, -0.15) is 0 Å². The molecule has 8 heteroatoms. The topological polar surface area (TPSA) is 74.6 Å². The van der Waals surface area contributed by atoms with Crippen molar-refractivity contribution < 1.29 is 19.8 Å². The van der Waals surface area contributed by atoms with Crippen molar-refractivity contribution in [3.8, 4) is 0 Å². The molecule has 1 rings (SSSR count). The largest absolute Gasteiger partial charge is 0.480 e. The second-order valence-corrected chi connectivity index (χ2v) is 7.90. The Kier molecular flexibility index (Phi) is 7.17. The van der Waals surface area contributed by atoms with E-state index >= 15 is 0 Å². The zero-order valence-electron chi connectivity index (χ0n) is 9.84. The number of carbonyl (C=O) groups is 2. The number of halogens is 4. The number of alkyl halides is 4. The van der Waals surface area contributed by atoms with Gasteiger partial charge in [0.05, 0.1) is 9.65 Å². The maximum absolute atomic E-state index is 11.0. The lowest BCUT2D eigenvalue weighted by Crippen LogP contribution is -2.19. The first-order valence-electron chi connectivity index (χ1n) is 5.37. The van der Waals surface area contributed by atoms with Gasteiger partial charge in [0.1, 0.15) is 9.65 Å². The normalized spacial score (nSPS) is 17.0. The minimum atomic E-state index is -0.975. The molecule has 0 heterocycles. The third-order valence-corrected chi connectivity index (χ3v) is 7.91. The average molecular weight is 538 g/mol. The van der Waals surface area contributed by atoms with E-state index in [0.29, 0.717) is 0 Å². The average Bonchev–Trinajstić information content (AvgIpc) is 2.43. The molecule has 20 heavy (non-hydrogen) atoms. The summed E-state index contributed by atoms with van der Waals surface area (Å²) in [6.45, 7) is 0. The zero-order valence-corrected chi connectivity index (χ0v) is 16.2. The Balaban J connectivity index is 3.01. The van der Waals surface area contributed by atoms with E-state index in [-0.39, 0.29) is 0 Å². The van der Waals surface area contributed by atoms with Crippen molar-refractivity contribution in [2.75, 3.05) is 0 Å². The number of rotatable bonds is 6. The van der Waals surface area contributed by atoms with Gasteiger partial charge in [-0.3, -0.25) is 9.59 Å². The van der Waals surface area contributed by atoms with Crippen molar-refractivity contribution in [1.29, 1.82) is 0 Å².